The largest absolute Gasteiger partial charge is 0.391 e. The number of hydrogen-bond donors (Lipinski definition) is 1. The van der Waals surface area contributed by atoms with Crippen molar-refractivity contribution in [2.24, 2.45) is 0 Å². The van der Waals surface area contributed by atoms with Crippen LogP contribution in [-0.4, -0.2) is 57.1 Å². The van der Waals surface area contributed by atoms with Gasteiger partial charge >= 0.3 is 0 Å². The molecule has 2 atom stereocenters. The molecule has 29 heavy (non-hydrogen) atoms. The minimum atomic E-state index is -0.324. The highest BCUT2D eigenvalue weighted by Gasteiger charge is 2.26. The number of hydrogen-bond acceptors (Lipinski definition) is 8. The lowest BCUT2D eigenvalue weighted by Crippen LogP contribution is -2.41. The molecule has 2 aliphatic heterocycles. The first-order valence-corrected chi connectivity index (χ1v) is 10.9. The second kappa shape index (κ2) is 7.38. The number of aliphatic hydroxyl groups excluding tert-OH is 1. The van der Waals surface area contributed by atoms with Crippen molar-refractivity contribution in [2.45, 2.75) is 38.3 Å². The van der Waals surface area contributed by atoms with E-state index in [4.69, 9.17) is 0 Å². The molecule has 152 valence electrons. The Morgan fingerprint density at radius 1 is 1.14 bits per heavy atom. The third-order valence-electron chi connectivity index (χ3n) is 5.81. The first-order chi connectivity index (χ1) is 14.1. The molecule has 0 aromatic carbocycles. The summed E-state index contributed by atoms with van der Waals surface area (Å²) in [7, 11) is 0. The van der Waals surface area contributed by atoms with Gasteiger partial charge in [0, 0.05) is 37.1 Å². The van der Waals surface area contributed by atoms with E-state index in [9.17, 15) is 9.90 Å². The van der Waals surface area contributed by atoms with Gasteiger partial charge in [0.1, 0.15) is 17.0 Å². The number of aryl methyl sites for hydroxylation is 1. The van der Waals surface area contributed by atoms with Gasteiger partial charge in [-0.15, -0.1) is 11.3 Å². The topological polar surface area (TPSA) is 87.4 Å². The fraction of sp³-hybridized carbons (Fsp3) is 0.500. The molecule has 0 aliphatic carbocycles. The third kappa shape index (κ3) is 3.49. The lowest BCUT2D eigenvalue weighted by molar-refractivity contribution is 0.198. The van der Waals surface area contributed by atoms with Crippen LogP contribution >= 0.6 is 11.3 Å². The highest BCUT2D eigenvalue weighted by atomic mass is 32.1. The van der Waals surface area contributed by atoms with Crippen molar-refractivity contribution in [3.8, 4) is 0 Å². The van der Waals surface area contributed by atoms with Crippen molar-refractivity contribution in [3.63, 3.8) is 0 Å². The van der Waals surface area contributed by atoms with Crippen LogP contribution < -0.4 is 15.4 Å². The van der Waals surface area contributed by atoms with E-state index < -0.39 is 0 Å². The average Bonchev–Trinajstić information content (AvgIpc) is 3.32. The zero-order valence-corrected chi connectivity index (χ0v) is 17.2. The molecule has 2 fully saturated rings. The maximum Gasteiger partial charge on any atom is 0.269 e. The number of aromatic nitrogens is 4. The highest BCUT2D eigenvalue weighted by molar-refractivity contribution is 7.18. The molecule has 5 rings (SSSR count). The summed E-state index contributed by atoms with van der Waals surface area (Å²) in [6, 6.07) is 3.80. The van der Waals surface area contributed by atoms with Gasteiger partial charge in [-0.25, -0.2) is 14.6 Å². The highest BCUT2D eigenvalue weighted by Crippen LogP contribution is 2.32. The van der Waals surface area contributed by atoms with Gasteiger partial charge in [-0.3, -0.25) is 4.79 Å². The van der Waals surface area contributed by atoms with Crippen LogP contribution in [0.5, 0.6) is 0 Å². The quantitative estimate of drug-likeness (QED) is 0.704. The van der Waals surface area contributed by atoms with Gasteiger partial charge in [-0.1, -0.05) is 0 Å². The van der Waals surface area contributed by atoms with E-state index in [1.807, 2.05) is 4.90 Å². The molecule has 3 aromatic heterocycles. The Morgan fingerprint density at radius 2 is 2.03 bits per heavy atom. The van der Waals surface area contributed by atoms with Gasteiger partial charge in [-0.05, 0) is 32.3 Å². The molecular weight excluding hydrogens is 388 g/mol. The molecular formula is C20H24N6O2S. The number of piperidine rings is 1. The first-order valence-electron chi connectivity index (χ1n) is 10.1. The van der Waals surface area contributed by atoms with E-state index in [0.717, 1.165) is 54.1 Å². The standard InChI is InChI=1S/C20H24N6O2S/c1-13-7-17-19(21-12-22-20(17)29-13)25-5-2-3-14(10-25)26-18(28)8-15(9-23-26)24-6-4-16(27)11-24/h7-9,12,14,16,27H,2-6,10-11H2,1H3/t14-,16-/m0/s1. The number of anilines is 2. The van der Waals surface area contributed by atoms with Crippen LogP contribution in [0.4, 0.5) is 11.5 Å². The maximum absolute atomic E-state index is 12.8. The van der Waals surface area contributed by atoms with Crippen molar-refractivity contribution in [1.29, 1.82) is 0 Å². The molecule has 8 nitrogen and oxygen atoms in total. The normalized spacial score (nSPS) is 22.6. The lowest BCUT2D eigenvalue weighted by Gasteiger charge is -2.34. The summed E-state index contributed by atoms with van der Waals surface area (Å²) in [5.41, 5.74) is 0.705. The second-order valence-corrected chi connectivity index (χ2v) is 9.14. The first kappa shape index (κ1) is 18.5. The smallest absolute Gasteiger partial charge is 0.269 e. The molecule has 3 aromatic rings. The molecule has 9 heteroatoms. The van der Waals surface area contributed by atoms with Crippen molar-refractivity contribution < 1.29 is 5.11 Å². The molecule has 1 N–H and O–H groups in total. The fourth-order valence-electron chi connectivity index (χ4n) is 4.39. The van der Waals surface area contributed by atoms with Gasteiger partial charge in [0.25, 0.3) is 5.56 Å². The van der Waals surface area contributed by atoms with Gasteiger partial charge in [0.15, 0.2) is 0 Å². The number of fused-ring (bicyclic) bond motifs is 1. The molecule has 0 radical (unpaired) electrons. The number of nitrogens with zero attached hydrogens (tertiary/aromatic N) is 6. The van der Waals surface area contributed by atoms with Crippen LogP contribution in [-0.2, 0) is 0 Å². The Hall–Kier alpha value is -2.52. The Labute approximate surface area is 172 Å². The summed E-state index contributed by atoms with van der Waals surface area (Å²) >= 11 is 1.68. The maximum atomic E-state index is 12.8. The monoisotopic (exact) mass is 412 g/mol. The van der Waals surface area contributed by atoms with Crippen molar-refractivity contribution in [3.05, 3.63) is 39.9 Å². The molecule has 2 aliphatic rings. The second-order valence-electron chi connectivity index (χ2n) is 7.90. The Balaban J connectivity index is 1.40. The zero-order valence-electron chi connectivity index (χ0n) is 16.4. The molecule has 0 bridgehead atoms. The molecule has 0 unspecified atom stereocenters. The minimum Gasteiger partial charge on any atom is -0.391 e. The molecule has 5 heterocycles. The Bertz CT molecular complexity index is 1100. The Morgan fingerprint density at radius 3 is 2.83 bits per heavy atom. The molecule has 0 amide bonds. The van der Waals surface area contributed by atoms with Crippen LogP contribution in [0.25, 0.3) is 10.2 Å². The zero-order chi connectivity index (χ0) is 20.0. The fourth-order valence-corrected chi connectivity index (χ4v) is 5.24. The SMILES string of the molecule is Cc1cc2c(N3CCC[C@H](n4ncc(N5CC[C@H](O)C5)cc4=O)C3)ncnc2s1. The predicted octanol–water partition coefficient (Wildman–Crippen LogP) is 1.97. The number of rotatable bonds is 3. The molecule has 0 saturated carbocycles. The summed E-state index contributed by atoms with van der Waals surface area (Å²) in [5.74, 6) is 0.944. The van der Waals surface area contributed by atoms with E-state index in [1.54, 1.807) is 34.6 Å². The van der Waals surface area contributed by atoms with Crippen LogP contribution in [0.1, 0.15) is 30.2 Å². The number of aliphatic hydroxyl groups is 1. The van der Waals surface area contributed by atoms with E-state index >= 15 is 0 Å². The predicted molar refractivity (Wildman–Crippen MR) is 114 cm³/mol. The van der Waals surface area contributed by atoms with Gasteiger partial charge in [0.2, 0.25) is 0 Å². The van der Waals surface area contributed by atoms with Crippen LogP contribution in [0, 0.1) is 6.92 Å². The van der Waals surface area contributed by atoms with E-state index in [1.165, 1.54) is 4.88 Å². The average molecular weight is 413 g/mol. The van der Waals surface area contributed by atoms with E-state index in [-0.39, 0.29) is 17.7 Å². The number of β-amino-alcohol motifs (C(OH)–C–C–N with tert-alkyl or cyclic N) is 1. The van der Waals surface area contributed by atoms with Crippen molar-refractivity contribution in [2.75, 3.05) is 36.0 Å². The lowest BCUT2D eigenvalue weighted by atomic mass is 10.1. The van der Waals surface area contributed by atoms with Crippen molar-refractivity contribution in [1.82, 2.24) is 19.7 Å². The van der Waals surface area contributed by atoms with Crippen LogP contribution in [0.3, 0.4) is 0 Å². The van der Waals surface area contributed by atoms with Gasteiger partial charge < -0.3 is 14.9 Å². The molecule has 0 spiro atoms. The van der Waals surface area contributed by atoms with E-state index in [2.05, 4.69) is 33.0 Å². The van der Waals surface area contributed by atoms with Crippen LogP contribution in [0.15, 0.2) is 29.5 Å². The summed E-state index contributed by atoms with van der Waals surface area (Å²) in [5, 5.41) is 15.3. The third-order valence-corrected chi connectivity index (χ3v) is 6.77. The summed E-state index contributed by atoms with van der Waals surface area (Å²) in [6.07, 6.45) is 5.69. The van der Waals surface area contributed by atoms with E-state index in [0.29, 0.717) is 13.1 Å². The minimum absolute atomic E-state index is 0.0132. The summed E-state index contributed by atoms with van der Waals surface area (Å²) in [6.45, 7) is 5.02. The summed E-state index contributed by atoms with van der Waals surface area (Å²) in [4.78, 5) is 28.2. The van der Waals surface area contributed by atoms with Gasteiger partial charge in [-0.2, -0.15) is 5.10 Å². The van der Waals surface area contributed by atoms with Crippen LogP contribution in [0.2, 0.25) is 0 Å². The Kier molecular flexibility index (Phi) is 4.71. The van der Waals surface area contributed by atoms with Gasteiger partial charge in [0.05, 0.1) is 29.4 Å². The number of thiophene rings is 1. The summed E-state index contributed by atoms with van der Waals surface area (Å²) < 4.78 is 1.61. The van der Waals surface area contributed by atoms with Crippen molar-refractivity contribution >= 4 is 33.1 Å². The molecule has 2 saturated heterocycles.